The number of hydrogen-bond donors (Lipinski definition) is 1. The summed E-state index contributed by atoms with van der Waals surface area (Å²) in [4.78, 5) is 34.3. The summed E-state index contributed by atoms with van der Waals surface area (Å²) in [7, 11) is 0. The van der Waals surface area contributed by atoms with E-state index >= 15 is 0 Å². The van der Waals surface area contributed by atoms with Crippen molar-refractivity contribution in [3.63, 3.8) is 0 Å². The standard InChI is InChI=1S/C25H32N4O3/c1-20(30)28-14-5-4-11-25(12-7-15-29(25)19-21-8-6-13-26-18-21)24(31)27-22-9-2-3-10-23(22)32-17-16-28/h2-3,6,8-10,13,18H,4-5,7,11-12,14-17,19H2,1H3,(H,27,31)/t25-/m0/s1. The average molecular weight is 437 g/mol. The van der Waals surface area contributed by atoms with Crippen molar-refractivity contribution in [2.45, 2.75) is 51.1 Å². The lowest BCUT2D eigenvalue weighted by Gasteiger charge is -2.37. The van der Waals surface area contributed by atoms with E-state index in [0.29, 0.717) is 37.7 Å². The molecule has 1 spiro atoms. The number of likely N-dealkylation sites (tertiary alicyclic amines) is 1. The van der Waals surface area contributed by atoms with E-state index in [0.717, 1.165) is 44.2 Å². The van der Waals surface area contributed by atoms with Crippen LogP contribution in [0.1, 0.15) is 44.6 Å². The van der Waals surface area contributed by atoms with Crippen LogP contribution >= 0.6 is 0 Å². The van der Waals surface area contributed by atoms with Gasteiger partial charge in [-0.05, 0) is 62.4 Å². The number of pyridine rings is 1. The molecule has 1 aromatic carbocycles. The summed E-state index contributed by atoms with van der Waals surface area (Å²) in [5.41, 5.74) is 1.20. The van der Waals surface area contributed by atoms with Gasteiger partial charge in [0.1, 0.15) is 17.9 Å². The van der Waals surface area contributed by atoms with Crippen LogP contribution in [0.15, 0.2) is 48.8 Å². The molecule has 7 heteroatoms. The second kappa shape index (κ2) is 10.1. The number of amides is 2. The van der Waals surface area contributed by atoms with Gasteiger partial charge in [-0.3, -0.25) is 19.5 Å². The fraction of sp³-hybridized carbons (Fsp3) is 0.480. The Hall–Kier alpha value is -2.93. The van der Waals surface area contributed by atoms with Crippen LogP contribution in [0.2, 0.25) is 0 Å². The third-order valence-corrected chi connectivity index (χ3v) is 6.61. The van der Waals surface area contributed by atoms with Gasteiger partial charge in [0, 0.05) is 32.4 Å². The van der Waals surface area contributed by atoms with Crippen molar-refractivity contribution in [1.29, 1.82) is 0 Å². The largest absolute Gasteiger partial charge is 0.490 e. The molecule has 2 aliphatic rings. The van der Waals surface area contributed by atoms with Gasteiger partial charge in [0.25, 0.3) is 0 Å². The number of aromatic nitrogens is 1. The molecule has 2 amide bonds. The molecule has 1 saturated heterocycles. The van der Waals surface area contributed by atoms with E-state index in [9.17, 15) is 9.59 Å². The predicted octanol–water partition coefficient (Wildman–Crippen LogP) is 3.47. The van der Waals surface area contributed by atoms with Crippen molar-refractivity contribution >= 4 is 17.5 Å². The number of nitrogens with zero attached hydrogens (tertiary/aromatic N) is 3. The molecule has 32 heavy (non-hydrogen) atoms. The molecule has 2 aliphatic heterocycles. The molecular weight excluding hydrogens is 404 g/mol. The average Bonchev–Trinajstić information content (AvgIpc) is 3.20. The molecule has 3 heterocycles. The second-order valence-corrected chi connectivity index (χ2v) is 8.68. The van der Waals surface area contributed by atoms with Crippen molar-refractivity contribution in [1.82, 2.24) is 14.8 Å². The van der Waals surface area contributed by atoms with Crippen LogP contribution in [-0.4, -0.2) is 58.4 Å². The number of ether oxygens (including phenoxy) is 1. The molecule has 2 aromatic rings. The molecule has 4 rings (SSSR count). The van der Waals surface area contributed by atoms with E-state index in [-0.39, 0.29) is 11.8 Å². The number of carbonyl (C=O) groups is 2. The zero-order valence-electron chi connectivity index (χ0n) is 18.8. The van der Waals surface area contributed by atoms with Gasteiger partial charge in [-0.1, -0.05) is 18.2 Å². The second-order valence-electron chi connectivity index (χ2n) is 8.68. The van der Waals surface area contributed by atoms with E-state index < -0.39 is 5.54 Å². The molecule has 0 aliphatic carbocycles. The maximum atomic E-state index is 13.8. The van der Waals surface area contributed by atoms with E-state index in [2.05, 4.69) is 21.3 Å². The summed E-state index contributed by atoms with van der Waals surface area (Å²) in [6.45, 7) is 4.78. The third-order valence-electron chi connectivity index (χ3n) is 6.61. The first-order valence-electron chi connectivity index (χ1n) is 11.5. The van der Waals surface area contributed by atoms with Gasteiger partial charge in [0.2, 0.25) is 11.8 Å². The Balaban J connectivity index is 1.63. The molecule has 1 N–H and O–H groups in total. The summed E-state index contributed by atoms with van der Waals surface area (Å²) in [5, 5.41) is 3.18. The van der Waals surface area contributed by atoms with Crippen LogP contribution in [-0.2, 0) is 16.1 Å². The Kier molecular flexibility index (Phi) is 7.05. The highest BCUT2D eigenvalue weighted by molar-refractivity contribution is 5.99. The predicted molar refractivity (Wildman–Crippen MR) is 123 cm³/mol. The Labute approximate surface area is 189 Å². The zero-order chi connectivity index (χ0) is 22.4. The van der Waals surface area contributed by atoms with Gasteiger partial charge < -0.3 is 15.0 Å². The lowest BCUT2D eigenvalue weighted by Crippen LogP contribution is -2.52. The molecule has 170 valence electrons. The van der Waals surface area contributed by atoms with Crippen LogP contribution in [0.5, 0.6) is 5.75 Å². The fourth-order valence-electron chi connectivity index (χ4n) is 4.88. The molecule has 1 atom stereocenters. The topological polar surface area (TPSA) is 74.8 Å². The van der Waals surface area contributed by atoms with Gasteiger partial charge in [-0.2, -0.15) is 0 Å². The minimum absolute atomic E-state index is 0.0256. The highest BCUT2D eigenvalue weighted by Gasteiger charge is 2.46. The molecule has 0 radical (unpaired) electrons. The van der Waals surface area contributed by atoms with Gasteiger partial charge in [-0.25, -0.2) is 0 Å². The first kappa shape index (κ1) is 22.3. The molecule has 1 aromatic heterocycles. The van der Waals surface area contributed by atoms with Gasteiger partial charge >= 0.3 is 0 Å². The quantitative estimate of drug-likeness (QED) is 0.780. The fourth-order valence-corrected chi connectivity index (χ4v) is 4.88. The SMILES string of the molecule is CC(=O)N1CCCC[C@]2(CCCN2Cc2cccnc2)C(=O)Nc2ccccc2OCC1. The van der Waals surface area contributed by atoms with E-state index in [1.54, 1.807) is 13.1 Å². The van der Waals surface area contributed by atoms with Gasteiger partial charge in [0.15, 0.2) is 0 Å². The normalized spacial score (nSPS) is 22.8. The van der Waals surface area contributed by atoms with Gasteiger partial charge in [0.05, 0.1) is 12.2 Å². The number of carbonyl (C=O) groups excluding carboxylic acids is 2. The van der Waals surface area contributed by atoms with Crippen LogP contribution in [0.4, 0.5) is 5.69 Å². The number of anilines is 1. The third kappa shape index (κ3) is 4.93. The van der Waals surface area contributed by atoms with Crippen molar-refractivity contribution in [3.05, 3.63) is 54.4 Å². The van der Waals surface area contributed by atoms with E-state index in [1.807, 2.05) is 41.4 Å². The number of nitrogens with one attached hydrogen (secondary N) is 1. The first-order chi connectivity index (χ1) is 15.6. The Bertz CT molecular complexity index is 936. The zero-order valence-corrected chi connectivity index (χ0v) is 18.8. The lowest BCUT2D eigenvalue weighted by molar-refractivity contribution is -0.130. The van der Waals surface area contributed by atoms with Crippen LogP contribution in [0.25, 0.3) is 0 Å². The minimum atomic E-state index is -0.585. The smallest absolute Gasteiger partial charge is 0.245 e. The lowest BCUT2D eigenvalue weighted by atomic mass is 9.87. The Morgan fingerprint density at radius 3 is 2.75 bits per heavy atom. The minimum Gasteiger partial charge on any atom is -0.490 e. The number of benzene rings is 1. The molecular formula is C25H32N4O3. The van der Waals surface area contributed by atoms with Crippen LogP contribution in [0.3, 0.4) is 0 Å². The molecule has 0 unspecified atom stereocenters. The number of para-hydroxylation sites is 2. The van der Waals surface area contributed by atoms with E-state index in [1.165, 1.54) is 0 Å². The number of fused-ring (bicyclic) bond motifs is 1. The number of hydrogen-bond acceptors (Lipinski definition) is 5. The maximum Gasteiger partial charge on any atom is 0.245 e. The van der Waals surface area contributed by atoms with Crippen molar-refractivity contribution < 1.29 is 14.3 Å². The van der Waals surface area contributed by atoms with Crippen molar-refractivity contribution in [2.75, 3.05) is 31.6 Å². The Morgan fingerprint density at radius 2 is 1.94 bits per heavy atom. The molecule has 0 bridgehead atoms. The first-order valence-corrected chi connectivity index (χ1v) is 11.5. The molecule has 7 nitrogen and oxygen atoms in total. The molecule has 0 saturated carbocycles. The monoisotopic (exact) mass is 436 g/mol. The highest BCUT2D eigenvalue weighted by Crippen LogP contribution is 2.37. The van der Waals surface area contributed by atoms with E-state index in [4.69, 9.17) is 4.74 Å². The highest BCUT2D eigenvalue weighted by atomic mass is 16.5. The summed E-state index contributed by atoms with van der Waals surface area (Å²) >= 11 is 0. The number of rotatable bonds is 2. The Morgan fingerprint density at radius 1 is 1.09 bits per heavy atom. The van der Waals surface area contributed by atoms with Crippen LogP contribution in [0, 0.1) is 0 Å². The van der Waals surface area contributed by atoms with Crippen LogP contribution < -0.4 is 10.1 Å². The van der Waals surface area contributed by atoms with Gasteiger partial charge in [-0.15, -0.1) is 0 Å². The summed E-state index contributed by atoms with van der Waals surface area (Å²) < 4.78 is 5.97. The summed E-state index contributed by atoms with van der Waals surface area (Å²) in [6.07, 6.45) is 7.94. The maximum absolute atomic E-state index is 13.8. The summed E-state index contributed by atoms with van der Waals surface area (Å²) in [5.74, 6) is 0.716. The van der Waals surface area contributed by atoms with Crippen molar-refractivity contribution in [2.24, 2.45) is 0 Å². The molecule has 1 fully saturated rings. The van der Waals surface area contributed by atoms with Crippen molar-refractivity contribution in [3.8, 4) is 5.75 Å². The summed E-state index contributed by atoms with van der Waals surface area (Å²) in [6, 6.07) is 11.5.